The third-order valence-corrected chi connectivity index (χ3v) is 6.43. The van der Waals surface area contributed by atoms with Crippen LogP contribution in [0.5, 0.6) is 5.75 Å². The minimum absolute atomic E-state index is 0.199. The van der Waals surface area contributed by atoms with E-state index < -0.39 is 0 Å². The molecule has 0 aliphatic carbocycles. The number of amides is 1. The number of ether oxygens (including phenoxy) is 2. The van der Waals surface area contributed by atoms with Gasteiger partial charge in [-0.3, -0.25) is 9.59 Å². The molecule has 8 heteroatoms. The van der Waals surface area contributed by atoms with Gasteiger partial charge in [-0.25, -0.2) is 9.50 Å². The van der Waals surface area contributed by atoms with Gasteiger partial charge in [0.2, 0.25) is 0 Å². The Hall–Kier alpha value is -4.20. The van der Waals surface area contributed by atoms with Crippen molar-refractivity contribution >= 4 is 17.5 Å². The SMILES string of the molecule is CCOC(=O)C1CCCN(C(=O)c2cc(-c3ccccc3OC)nc3cc(-c4ccccc4)nn23)C1. The van der Waals surface area contributed by atoms with Crippen molar-refractivity contribution in [1.29, 1.82) is 0 Å². The first-order chi connectivity index (χ1) is 17.6. The number of hydrogen-bond acceptors (Lipinski definition) is 6. The van der Waals surface area contributed by atoms with Crippen LogP contribution < -0.4 is 4.74 Å². The highest BCUT2D eigenvalue weighted by atomic mass is 16.5. The van der Waals surface area contributed by atoms with E-state index in [0.29, 0.717) is 48.9 Å². The fourth-order valence-electron chi connectivity index (χ4n) is 4.65. The van der Waals surface area contributed by atoms with E-state index in [0.717, 1.165) is 23.2 Å². The molecule has 1 unspecified atom stereocenters. The zero-order valence-corrected chi connectivity index (χ0v) is 20.4. The largest absolute Gasteiger partial charge is 0.496 e. The first-order valence-electron chi connectivity index (χ1n) is 12.1. The highest BCUT2D eigenvalue weighted by molar-refractivity contribution is 5.95. The third kappa shape index (κ3) is 4.54. The van der Waals surface area contributed by atoms with E-state index in [2.05, 4.69) is 0 Å². The molecule has 184 valence electrons. The summed E-state index contributed by atoms with van der Waals surface area (Å²) < 4.78 is 12.4. The van der Waals surface area contributed by atoms with Crippen LogP contribution in [-0.4, -0.2) is 58.2 Å². The van der Waals surface area contributed by atoms with Crippen LogP contribution in [0, 0.1) is 5.92 Å². The number of likely N-dealkylation sites (tertiary alicyclic amines) is 1. The summed E-state index contributed by atoms with van der Waals surface area (Å²) in [6, 6.07) is 21.0. The summed E-state index contributed by atoms with van der Waals surface area (Å²) in [5.41, 5.74) is 3.98. The summed E-state index contributed by atoms with van der Waals surface area (Å²) in [6.07, 6.45) is 1.44. The monoisotopic (exact) mass is 484 g/mol. The minimum Gasteiger partial charge on any atom is -0.496 e. The van der Waals surface area contributed by atoms with Crippen molar-refractivity contribution in [1.82, 2.24) is 19.5 Å². The number of hydrogen-bond donors (Lipinski definition) is 0. The van der Waals surface area contributed by atoms with E-state index >= 15 is 0 Å². The van der Waals surface area contributed by atoms with E-state index in [9.17, 15) is 9.59 Å². The van der Waals surface area contributed by atoms with Crippen molar-refractivity contribution in [3.8, 4) is 28.3 Å². The van der Waals surface area contributed by atoms with Crippen LogP contribution in [0.15, 0.2) is 66.7 Å². The first-order valence-corrected chi connectivity index (χ1v) is 12.1. The smallest absolute Gasteiger partial charge is 0.310 e. The van der Waals surface area contributed by atoms with Crippen LogP contribution in [0.1, 0.15) is 30.3 Å². The standard InChI is InChI=1S/C28H28N4O4/c1-3-36-28(34)20-12-9-15-31(18-20)27(33)24-16-23(21-13-7-8-14-25(21)35-2)29-26-17-22(30-32(24)26)19-10-5-4-6-11-19/h4-8,10-11,13-14,16-17,20H,3,9,12,15,18H2,1-2H3. The molecule has 0 radical (unpaired) electrons. The molecule has 1 atom stereocenters. The number of benzene rings is 2. The second-order valence-corrected chi connectivity index (χ2v) is 8.73. The third-order valence-electron chi connectivity index (χ3n) is 6.43. The van der Waals surface area contributed by atoms with Crippen LogP contribution in [0.3, 0.4) is 0 Å². The Bertz CT molecular complexity index is 1400. The summed E-state index contributed by atoms with van der Waals surface area (Å²) in [5.74, 6) is -0.118. The zero-order valence-electron chi connectivity index (χ0n) is 20.4. The van der Waals surface area contributed by atoms with Gasteiger partial charge >= 0.3 is 5.97 Å². The molecule has 8 nitrogen and oxygen atoms in total. The lowest BCUT2D eigenvalue weighted by Gasteiger charge is -2.31. The Morgan fingerprint density at radius 2 is 1.81 bits per heavy atom. The van der Waals surface area contributed by atoms with E-state index in [4.69, 9.17) is 19.6 Å². The van der Waals surface area contributed by atoms with Crippen LogP contribution in [0.4, 0.5) is 0 Å². The van der Waals surface area contributed by atoms with Crippen molar-refractivity contribution in [2.24, 2.45) is 5.92 Å². The lowest BCUT2D eigenvalue weighted by molar-refractivity contribution is -0.149. The molecule has 1 amide bonds. The zero-order chi connectivity index (χ0) is 25.1. The number of rotatable bonds is 6. The average molecular weight is 485 g/mol. The first kappa shape index (κ1) is 23.5. The van der Waals surface area contributed by atoms with E-state index in [1.165, 1.54) is 0 Å². The number of piperidine rings is 1. The molecule has 5 rings (SSSR count). The molecule has 0 saturated carbocycles. The Morgan fingerprint density at radius 3 is 2.58 bits per heavy atom. The van der Waals surface area contributed by atoms with Gasteiger partial charge in [-0.05, 0) is 38.0 Å². The summed E-state index contributed by atoms with van der Waals surface area (Å²) in [6.45, 7) is 3.00. The summed E-state index contributed by atoms with van der Waals surface area (Å²) in [4.78, 5) is 32.8. The van der Waals surface area contributed by atoms with Gasteiger partial charge in [0.1, 0.15) is 11.4 Å². The molecule has 1 saturated heterocycles. The van der Waals surface area contributed by atoms with E-state index in [1.54, 1.807) is 29.5 Å². The molecule has 1 aliphatic rings. The van der Waals surface area contributed by atoms with E-state index in [1.807, 2.05) is 60.7 Å². The summed E-state index contributed by atoms with van der Waals surface area (Å²) in [7, 11) is 1.61. The van der Waals surface area contributed by atoms with Gasteiger partial charge in [0.05, 0.1) is 31.0 Å². The quantitative estimate of drug-likeness (QED) is 0.375. The van der Waals surface area contributed by atoms with Gasteiger partial charge in [0.15, 0.2) is 5.65 Å². The van der Waals surface area contributed by atoms with E-state index in [-0.39, 0.29) is 17.8 Å². The lowest BCUT2D eigenvalue weighted by atomic mass is 9.98. The summed E-state index contributed by atoms with van der Waals surface area (Å²) >= 11 is 0. The molecule has 3 heterocycles. The molecule has 0 N–H and O–H groups in total. The maximum Gasteiger partial charge on any atom is 0.310 e. The van der Waals surface area contributed by atoms with Gasteiger partial charge < -0.3 is 14.4 Å². The molecule has 36 heavy (non-hydrogen) atoms. The number of nitrogens with zero attached hydrogens (tertiary/aromatic N) is 4. The Labute approximate surface area is 209 Å². The number of aromatic nitrogens is 3. The minimum atomic E-state index is -0.328. The van der Waals surface area contributed by atoms with Crippen molar-refractivity contribution < 1.29 is 19.1 Å². The van der Waals surface area contributed by atoms with Crippen molar-refractivity contribution in [2.75, 3.05) is 26.8 Å². The van der Waals surface area contributed by atoms with Crippen LogP contribution >= 0.6 is 0 Å². The van der Waals surface area contributed by atoms with Gasteiger partial charge in [-0.1, -0.05) is 42.5 Å². The highest BCUT2D eigenvalue weighted by Gasteiger charge is 2.31. The second kappa shape index (κ2) is 10.2. The molecule has 1 fully saturated rings. The average Bonchev–Trinajstić information content (AvgIpc) is 3.37. The van der Waals surface area contributed by atoms with Crippen LogP contribution in [-0.2, 0) is 9.53 Å². The molecule has 2 aromatic carbocycles. The maximum absolute atomic E-state index is 13.9. The highest BCUT2D eigenvalue weighted by Crippen LogP contribution is 2.31. The van der Waals surface area contributed by atoms with Crippen molar-refractivity contribution in [2.45, 2.75) is 19.8 Å². The maximum atomic E-state index is 13.9. The number of carbonyl (C=O) groups excluding carboxylic acids is 2. The number of para-hydroxylation sites is 1. The van der Waals surface area contributed by atoms with Crippen LogP contribution in [0.2, 0.25) is 0 Å². The normalized spacial score (nSPS) is 15.6. The van der Waals surface area contributed by atoms with Gasteiger partial charge in [-0.2, -0.15) is 5.10 Å². The predicted molar refractivity (Wildman–Crippen MR) is 136 cm³/mol. The fraction of sp³-hybridized carbons (Fsp3) is 0.286. The molecule has 0 bridgehead atoms. The number of carbonyl (C=O) groups is 2. The van der Waals surface area contributed by atoms with Crippen molar-refractivity contribution in [3.63, 3.8) is 0 Å². The van der Waals surface area contributed by atoms with Gasteiger partial charge in [-0.15, -0.1) is 0 Å². The van der Waals surface area contributed by atoms with Crippen LogP contribution in [0.25, 0.3) is 28.2 Å². The Balaban J connectivity index is 1.60. The Kier molecular flexibility index (Phi) is 6.66. The summed E-state index contributed by atoms with van der Waals surface area (Å²) in [5, 5.41) is 4.74. The predicted octanol–water partition coefficient (Wildman–Crippen LogP) is 4.49. The molecular weight excluding hydrogens is 456 g/mol. The molecule has 2 aromatic heterocycles. The number of esters is 1. The topological polar surface area (TPSA) is 86.0 Å². The molecule has 1 aliphatic heterocycles. The molecule has 0 spiro atoms. The van der Waals surface area contributed by atoms with Crippen molar-refractivity contribution in [3.05, 3.63) is 72.4 Å². The van der Waals surface area contributed by atoms with Gasteiger partial charge in [0.25, 0.3) is 5.91 Å². The lowest BCUT2D eigenvalue weighted by Crippen LogP contribution is -2.43. The fourth-order valence-corrected chi connectivity index (χ4v) is 4.65. The number of methoxy groups -OCH3 is 1. The molecular formula is C28H28N4O4. The molecule has 4 aromatic rings. The second-order valence-electron chi connectivity index (χ2n) is 8.73. The Morgan fingerprint density at radius 1 is 1.03 bits per heavy atom. The number of fused-ring (bicyclic) bond motifs is 1. The van der Waals surface area contributed by atoms with Gasteiger partial charge in [0, 0.05) is 30.3 Å².